The Morgan fingerprint density at radius 3 is 1.95 bits per heavy atom. The highest BCUT2D eigenvalue weighted by Crippen LogP contribution is 2.24. The molecule has 0 atom stereocenters. The van der Waals surface area contributed by atoms with Gasteiger partial charge in [-0.25, -0.2) is 37.8 Å². The molecule has 0 aliphatic carbocycles. The molecule has 23 heteroatoms. The minimum absolute atomic E-state index is 0.0608. The van der Waals surface area contributed by atoms with Crippen LogP contribution < -0.4 is 37.3 Å². The van der Waals surface area contributed by atoms with Gasteiger partial charge in [-0.1, -0.05) is 41.0 Å². The van der Waals surface area contributed by atoms with Gasteiger partial charge in [-0.05, 0) is 49.2 Å². The number of halogens is 3. The number of unbranched alkanes of at least 4 members (excludes halogenated alkanes) is 4. The molecule has 0 aromatic carbocycles. The lowest BCUT2D eigenvalue weighted by atomic mass is 10.2. The van der Waals surface area contributed by atoms with Crippen LogP contribution in [0.4, 0.5) is 5.82 Å². The third-order valence-electron chi connectivity index (χ3n) is 8.15. The summed E-state index contributed by atoms with van der Waals surface area (Å²) in [7, 11) is -4.94. The lowest BCUT2D eigenvalue weighted by Crippen LogP contribution is -2.68. The van der Waals surface area contributed by atoms with Gasteiger partial charge >= 0.3 is 17.6 Å². The molecule has 0 bridgehead atoms. The molecule has 3 aromatic heterocycles. The SMILES string of the molecule is O=C(CCCCCN1C=C(Cl)C=c2s/c(=C\c3nc4c(cc(Cl)c[n+]4CCCCCC(=O)ON4C(=O)CCC4=O)s3)nc21)ON1C(=O)CCC1=O.[O-][Cl+3]([O-])([O-])[O-]. The number of thiazole rings is 2. The maximum absolute atomic E-state index is 12.1. The molecule has 3 aliphatic rings. The second-order valence-electron chi connectivity index (χ2n) is 12.4. The van der Waals surface area contributed by atoms with Crippen LogP contribution in [0.25, 0.3) is 22.5 Å². The van der Waals surface area contributed by atoms with Crippen LogP contribution in [0.3, 0.4) is 0 Å². The van der Waals surface area contributed by atoms with Crippen molar-refractivity contribution in [2.24, 2.45) is 0 Å². The van der Waals surface area contributed by atoms with E-state index in [-0.39, 0.29) is 38.5 Å². The second kappa shape index (κ2) is 19.4. The molecule has 18 nitrogen and oxygen atoms in total. The van der Waals surface area contributed by atoms with Gasteiger partial charge in [0.05, 0.1) is 21.1 Å². The average molecular weight is 876 g/mol. The molecular formula is C33H33Cl3N6O12S2. The lowest BCUT2D eigenvalue weighted by Gasteiger charge is -2.20. The average Bonchev–Trinajstić information content (AvgIpc) is 3.87. The van der Waals surface area contributed by atoms with Crippen molar-refractivity contribution in [2.45, 2.75) is 83.6 Å². The fourth-order valence-electron chi connectivity index (χ4n) is 5.66. The van der Waals surface area contributed by atoms with Crippen molar-refractivity contribution in [3.63, 3.8) is 0 Å². The van der Waals surface area contributed by atoms with Crippen molar-refractivity contribution in [3.05, 3.63) is 42.7 Å². The summed E-state index contributed by atoms with van der Waals surface area (Å²) in [5.74, 6) is -2.40. The molecule has 6 rings (SSSR count). The monoisotopic (exact) mass is 874 g/mol. The maximum Gasteiger partial charge on any atom is 0.342 e. The topological polar surface area (TPSA) is 252 Å². The third kappa shape index (κ3) is 12.4. The molecular weight excluding hydrogens is 843 g/mol. The number of pyridine rings is 1. The van der Waals surface area contributed by atoms with Crippen LogP contribution in [0.15, 0.2) is 23.5 Å². The first-order valence-electron chi connectivity index (χ1n) is 17.1. The number of carbonyl (C=O) groups excluding carboxylic acids is 6. The molecule has 3 aliphatic heterocycles. The molecule has 3 aromatic rings. The van der Waals surface area contributed by atoms with Gasteiger partial charge in [0.1, 0.15) is 15.6 Å². The maximum atomic E-state index is 12.1. The standard InChI is InChI=1S/C33H33Cl2N6O8S2.ClHO4/c34-20-15-22-32(38(18-20)13-5-1-3-7-30(46)48-40-26(42)9-10-27(40)43)36-24(50-22)17-25-37-33-23(51-25)16-21(35)19-39(33)14-6-2-4-8-31(47)49-41-28(44)11-12-29(41)45;2-1(3,4)5/h15-19H,1-14H2;(H,2,3,4,5)/q+1;/p-1. The molecule has 0 unspecified atom stereocenters. The van der Waals surface area contributed by atoms with Crippen LogP contribution in [0, 0.1) is 10.2 Å². The number of imide groups is 2. The summed E-state index contributed by atoms with van der Waals surface area (Å²) in [6.45, 7) is 1.24. The number of aryl methyl sites for hydroxylation is 1. The van der Waals surface area contributed by atoms with Crippen molar-refractivity contribution < 1.29 is 71.9 Å². The van der Waals surface area contributed by atoms with E-state index in [0.717, 1.165) is 43.2 Å². The smallest absolute Gasteiger partial charge is 0.330 e. The van der Waals surface area contributed by atoms with Crippen molar-refractivity contribution in [2.75, 3.05) is 11.4 Å². The Balaban J connectivity index is 0.00000113. The molecule has 4 amide bonds. The number of hydrogen-bond donors (Lipinski definition) is 0. The van der Waals surface area contributed by atoms with Crippen molar-refractivity contribution >= 4 is 110 Å². The van der Waals surface area contributed by atoms with Crippen LogP contribution in [0.1, 0.15) is 82.1 Å². The van der Waals surface area contributed by atoms with Gasteiger partial charge in [0.2, 0.25) is 5.01 Å². The zero-order valence-corrected chi connectivity index (χ0v) is 33.2. The van der Waals surface area contributed by atoms with Gasteiger partial charge in [-0.15, -0.1) is 31.7 Å². The van der Waals surface area contributed by atoms with Gasteiger partial charge < -0.3 is 14.6 Å². The summed E-state index contributed by atoms with van der Waals surface area (Å²) in [6.07, 6.45) is 11.9. The Bertz CT molecular complexity index is 2130. The first-order chi connectivity index (χ1) is 26.5. The predicted molar refractivity (Wildman–Crippen MR) is 187 cm³/mol. The van der Waals surface area contributed by atoms with E-state index in [0.29, 0.717) is 59.0 Å². The number of aromatic nitrogens is 3. The molecule has 0 saturated carbocycles. The summed E-state index contributed by atoms with van der Waals surface area (Å²) in [4.78, 5) is 92.4. The molecule has 56 heavy (non-hydrogen) atoms. The Morgan fingerprint density at radius 1 is 0.821 bits per heavy atom. The van der Waals surface area contributed by atoms with E-state index in [1.807, 2.05) is 40.1 Å². The largest absolute Gasteiger partial charge is 0.342 e. The van der Waals surface area contributed by atoms with E-state index in [9.17, 15) is 28.8 Å². The van der Waals surface area contributed by atoms with E-state index in [1.165, 1.54) is 22.7 Å². The Kier molecular flexibility index (Phi) is 14.9. The minimum atomic E-state index is -4.94. The number of carbonyl (C=O) groups is 6. The number of rotatable bonds is 15. The second-order valence-corrected chi connectivity index (χ2v) is 16.2. The van der Waals surface area contributed by atoms with Gasteiger partial charge in [-0.3, -0.25) is 19.2 Å². The highest BCUT2D eigenvalue weighted by Gasteiger charge is 2.33. The molecule has 6 heterocycles. The molecule has 0 radical (unpaired) electrons. The Labute approximate surface area is 338 Å². The molecule has 300 valence electrons. The van der Waals surface area contributed by atoms with E-state index in [1.54, 1.807) is 0 Å². The summed E-state index contributed by atoms with van der Waals surface area (Å²) in [5.41, 5.74) is 0.780. The fourth-order valence-corrected chi connectivity index (χ4v) is 8.26. The summed E-state index contributed by atoms with van der Waals surface area (Å²) >= 11 is 15.9. The fraction of sp³-hybridized carbons (Fsp3) is 0.424. The zero-order valence-electron chi connectivity index (χ0n) is 29.3. The van der Waals surface area contributed by atoms with E-state index in [2.05, 4.69) is 0 Å². The van der Waals surface area contributed by atoms with E-state index in [4.69, 9.17) is 61.5 Å². The van der Waals surface area contributed by atoms with Gasteiger partial charge in [-0.2, -0.15) is 0 Å². The summed E-state index contributed by atoms with van der Waals surface area (Å²) in [6, 6.07) is 1.87. The van der Waals surface area contributed by atoms with E-state index >= 15 is 0 Å². The highest BCUT2D eigenvalue weighted by atomic mass is 35.7. The van der Waals surface area contributed by atoms with Gasteiger partial charge in [0.25, 0.3) is 23.6 Å². The summed E-state index contributed by atoms with van der Waals surface area (Å²) < 4.78 is 38.6. The first-order valence-corrected chi connectivity index (χ1v) is 20.7. The first kappa shape index (κ1) is 43.0. The van der Waals surface area contributed by atoms with Crippen LogP contribution in [0.2, 0.25) is 5.02 Å². The number of nitrogens with zero attached hydrogens (tertiary/aromatic N) is 6. The number of amides is 4. The van der Waals surface area contributed by atoms with Crippen LogP contribution in [-0.2, 0) is 45.0 Å². The Morgan fingerprint density at radius 2 is 1.38 bits per heavy atom. The number of hydroxylamine groups is 4. The predicted octanol–water partition coefficient (Wildman–Crippen LogP) is -1.22. The number of hydrogen-bond acceptors (Lipinski definition) is 17. The van der Waals surface area contributed by atoms with Gasteiger partial charge in [0, 0.05) is 57.3 Å². The number of allylic oxidation sites excluding steroid dienone is 1. The highest BCUT2D eigenvalue weighted by molar-refractivity contribution is 7.19. The van der Waals surface area contributed by atoms with Crippen LogP contribution in [-0.4, -0.2) is 62.2 Å². The van der Waals surface area contributed by atoms with E-state index < -0.39 is 45.8 Å². The number of fused-ring (bicyclic) bond motifs is 2. The van der Waals surface area contributed by atoms with Crippen molar-refractivity contribution in [1.29, 1.82) is 0 Å². The molecule has 0 N–H and O–H groups in total. The van der Waals surface area contributed by atoms with Crippen molar-refractivity contribution in [1.82, 2.24) is 20.1 Å². The van der Waals surface area contributed by atoms with Crippen LogP contribution in [0.5, 0.6) is 0 Å². The molecule has 2 fully saturated rings. The molecule has 2 saturated heterocycles. The van der Waals surface area contributed by atoms with Gasteiger partial charge in [0.15, 0.2) is 5.82 Å². The van der Waals surface area contributed by atoms with Crippen molar-refractivity contribution in [3.8, 4) is 0 Å². The van der Waals surface area contributed by atoms with Crippen LogP contribution >= 0.6 is 45.9 Å². The lowest BCUT2D eigenvalue weighted by molar-refractivity contribution is -2.00. The molecule has 0 spiro atoms. The summed E-state index contributed by atoms with van der Waals surface area (Å²) in [5, 5.41) is 3.05. The minimum Gasteiger partial charge on any atom is -0.330 e. The number of anilines is 1. The normalized spacial score (nSPS) is 15.9. The third-order valence-corrected chi connectivity index (χ3v) is 10.4. The quantitative estimate of drug-likeness (QED) is 0.0986. The Hall–Kier alpha value is -4.12. The zero-order chi connectivity index (χ0) is 40.6.